The molecule has 0 aliphatic carbocycles. The summed E-state index contributed by atoms with van der Waals surface area (Å²) < 4.78 is 6.50. The quantitative estimate of drug-likeness (QED) is 0.939. The van der Waals surface area contributed by atoms with E-state index in [0.29, 0.717) is 21.5 Å². The monoisotopic (exact) mass is 285 g/mol. The Bertz CT molecular complexity index is 607. The van der Waals surface area contributed by atoms with Crippen molar-refractivity contribution in [3.05, 3.63) is 46.2 Å². The maximum absolute atomic E-state index is 11.1. The lowest BCUT2D eigenvalue weighted by Crippen LogP contribution is -2.06. The summed E-state index contributed by atoms with van der Waals surface area (Å²) >= 11 is 11.9. The number of carbonyl (C=O) groups is 1. The summed E-state index contributed by atoms with van der Waals surface area (Å²) in [5.74, 6) is -0.503. The number of rotatable bonds is 3. The molecule has 1 aromatic carbocycles. The zero-order valence-electron chi connectivity index (χ0n) is 9.35. The summed E-state index contributed by atoms with van der Waals surface area (Å²) in [5.41, 5.74) is 0.537. The molecular formula is C12H9Cl2NO3. The SMILES string of the molecule is COc1ccc(Cl)c(-n2cc(Cl)cc2C(=O)O)c1. The van der Waals surface area contributed by atoms with Crippen LogP contribution in [0.2, 0.25) is 10.0 Å². The fourth-order valence-corrected chi connectivity index (χ4v) is 2.01. The molecule has 0 fully saturated rings. The van der Waals surface area contributed by atoms with E-state index in [1.165, 1.54) is 23.9 Å². The number of nitrogens with zero attached hydrogens (tertiary/aromatic N) is 1. The number of benzene rings is 1. The molecule has 0 radical (unpaired) electrons. The zero-order valence-corrected chi connectivity index (χ0v) is 10.9. The van der Waals surface area contributed by atoms with E-state index in [1.54, 1.807) is 18.2 Å². The number of aromatic nitrogens is 1. The second-order valence-electron chi connectivity index (χ2n) is 3.54. The Labute approximate surface area is 113 Å². The van der Waals surface area contributed by atoms with Crippen molar-refractivity contribution in [1.82, 2.24) is 4.57 Å². The van der Waals surface area contributed by atoms with Gasteiger partial charge in [-0.1, -0.05) is 23.2 Å². The predicted molar refractivity (Wildman–Crippen MR) is 69.3 cm³/mol. The molecule has 6 heteroatoms. The maximum Gasteiger partial charge on any atom is 0.352 e. The second-order valence-corrected chi connectivity index (χ2v) is 4.38. The normalized spacial score (nSPS) is 10.4. The van der Waals surface area contributed by atoms with E-state index < -0.39 is 5.97 Å². The van der Waals surface area contributed by atoms with Crippen LogP contribution in [-0.2, 0) is 0 Å². The van der Waals surface area contributed by atoms with E-state index in [4.69, 9.17) is 33.0 Å². The first-order chi connectivity index (χ1) is 8.52. The fraction of sp³-hybridized carbons (Fsp3) is 0.0833. The highest BCUT2D eigenvalue weighted by molar-refractivity contribution is 6.33. The van der Waals surface area contributed by atoms with E-state index in [9.17, 15) is 4.79 Å². The lowest BCUT2D eigenvalue weighted by atomic mass is 10.3. The van der Waals surface area contributed by atoms with Gasteiger partial charge >= 0.3 is 5.97 Å². The van der Waals surface area contributed by atoms with Gasteiger partial charge in [0.15, 0.2) is 0 Å². The van der Waals surface area contributed by atoms with Gasteiger partial charge in [0.1, 0.15) is 11.4 Å². The highest BCUT2D eigenvalue weighted by Crippen LogP contribution is 2.28. The maximum atomic E-state index is 11.1. The Morgan fingerprint density at radius 2 is 2.06 bits per heavy atom. The topological polar surface area (TPSA) is 51.5 Å². The molecule has 4 nitrogen and oxygen atoms in total. The first-order valence-corrected chi connectivity index (χ1v) is 5.73. The Morgan fingerprint density at radius 1 is 1.33 bits per heavy atom. The molecule has 0 saturated carbocycles. The van der Waals surface area contributed by atoms with Gasteiger partial charge in [-0.2, -0.15) is 0 Å². The number of methoxy groups -OCH3 is 1. The van der Waals surface area contributed by atoms with Crippen molar-refractivity contribution < 1.29 is 14.6 Å². The summed E-state index contributed by atoms with van der Waals surface area (Å²) in [6.07, 6.45) is 1.49. The summed E-state index contributed by atoms with van der Waals surface area (Å²) in [7, 11) is 1.52. The lowest BCUT2D eigenvalue weighted by molar-refractivity contribution is 0.0688. The minimum Gasteiger partial charge on any atom is -0.497 e. The molecule has 0 unspecified atom stereocenters. The van der Waals surface area contributed by atoms with E-state index in [1.807, 2.05) is 0 Å². The molecule has 0 saturated heterocycles. The Balaban J connectivity index is 2.64. The third-order valence-corrected chi connectivity index (χ3v) is 2.94. The lowest BCUT2D eigenvalue weighted by Gasteiger charge is -2.10. The molecule has 0 bridgehead atoms. The Hall–Kier alpha value is -1.65. The van der Waals surface area contributed by atoms with Gasteiger partial charge in [-0.15, -0.1) is 0 Å². The molecule has 1 N–H and O–H groups in total. The van der Waals surface area contributed by atoms with Gasteiger partial charge in [0, 0.05) is 12.3 Å². The first-order valence-electron chi connectivity index (χ1n) is 4.98. The molecule has 1 heterocycles. The number of carboxylic acids is 1. The van der Waals surface area contributed by atoms with Crippen LogP contribution < -0.4 is 4.74 Å². The van der Waals surface area contributed by atoms with Gasteiger partial charge in [0.05, 0.1) is 22.8 Å². The molecule has 94 valence electrons. The van der Waals surface area contributed by atoms with Crippen molar-refractivity contribution in [2.45, 2.75) is 0 Å². The zero-order chi connectivity index (χ0) is 13.3. The molecule has 2 rings (SSSR count). The van der Waals surface area contributed by atoms with Gasteiger partial charge in [-0.3, -0.25) is 0 Å². The number of ether oxygens (including phenoxy) is 1. The number of aromatic carboxylic acids is 1. The van der Waals surface area contributed by atoms with Gasteiger partial charge in [-0.25, -0.2) is 4.79 Å². The summed E-state index contributed by atoms with van der Waals surface area (Å²) in [6, 6.07) is 6.33. The van der Waals surface area contributed by atoms with Crippen LogP contribution in [-0.4, -0.2) is 22.8 Å². The van der Waals surface area contributed by atoms with Gasteiger partial charge < -0.3 is 14.4 Å². The summed E-state index contributed by atoms with van der Waals surface area (Å²) in [5, 5.41) is 9.84. The van der Waals surface area contributed by atoms with Gasteiger partial charge in [0.2, 0.25) is 0 Å². The van der Waals surface area contributed by atoms with E-state index in [2.05, 4.69) is 0 Å². The molecular weight excluding hydrogens is 277 g/mol. The van der Waals surface area contributed by atoms with Crippen LogP contribution in [0.3, 0.4) is 0 Å². The van der Waals surface area contributed by atoms with Crippen molar-refractivity contribution in [1.29, 1.82) is 0 Å². The van der Waals surface area contributed by atoms with Crippen molar-refractivity contribution in [2.24, 2.45) is 0 Å². The van der Waals surface area contributed by atoms with E-state index >= 15 is 0 Å². The molecule has 0 spiro atoms. The van der Waals surface area contributed by atoms with Crippen LogP contribution in [0.1, 0.15) is 10.5 Å². The van der Waals surface area contributed by atoms with Crippen LogP contribution in [0, 0.1) is 0 Å². The highest BCUT2D eigenvalue weighted by Gasteiger charge is 2.15. The van der Waals surface area contributed by atoms with Gasteiger partial charge in [0.25, 0.3) is 0 Å². The minimum atomic E-state index is -1.08. The van der Waals surface area contributed by atoms with Crippen LogP contribution in [0.4, 0.5) is 0 Å². The Morgan fingerprint density at radius 3 is 2.67 bits per heavy atom. The van der Waals surface area contributed by atoms with Gasteiger partial charge in [-0.05, 0) is 18.2 Å². The largest absolute Gasteiger partial charge is 0.497 e. The average molecular weight is 286 g/mol. The number of hydrogen-bond acceptors (Lipinski definition) is 2. The highest BCUT2D eigenvalue weighted by atomic mass is 35.5. The van der Waals surface area contributed by atoms with E-state index in [0.717, 1.165) is 0 Å². The first kappa shape index (κ1) is 12.8. The fourth-order valence-electron chi connectivity index (χ4n) is 1.60. The standard InChI is InChI=1S/C12H9Cl2NO3/c1-18-8-2-3-9(14)10(5-8)15-6-7(13)4-11(15)12(16)17/h2-6H,1H3,(H,16,17). The number of halogens is 2. The predicted octanol–water partition coefficient (Wildman–Crippen LogP) is 3.49. The Kier molecular flexibility index (Phi) is 3.50. The molecule has 0 aliphatic heterocycles. The van der Waals surface area contributed by atoms with Crippen LogP contribution in [0.5, 0.6) is 5.75 Å². The van der Waals surface area contributed by atoms with Crippen molar-refractivity contribution in [3.63, 3.8) is 0 Å². The van der Waals surface area contributed by atoms with Crippen molar-refractivity contribution in [3.8, 4) is 11.4 Å². The number of hydrogen-bond donors (Lipinski definition) is 1. The minimum absolute atomic E-state index is 0.0372. The number of carboxylic acid groups (broad SMARTS) is 1. The van der Waals surface area contributed by atoms with E-state index in [-0.39, 0.29) is 5.69 Å². The molecule has 0 atom stereocenters. The van der Waals surface area contributed by atoms with Crippen molar-refractivity contribution in [2.75, 3.05) is 7.11 Å². The summed E-state index contributed by atoms with van der Waals surface area (Å²) in [4.78, 5) is 11.1. The third-order valence-electron chi connectivity index (χ3n) is 2.42. The van der Waals surface area contributed by atoms with Crippen LogP contribution >= 0.6 is 23.2 Å². The van der Waals surface area contributed by atoms with Crippen LogP contribution in [0.25, 0.3) is 5.69 Å². The van der Waals surface area contributed by atoms with Crippen LogP contribution in [0.15, 0.2) is 30.5 Å². The van der Waals surface area contributed by atoms with Crippen molar-refractivity contribution >= 4 is 29.2 Å². The molecule has 0 aliphatic rings. The second kappa shape index (κ2) is 4.92. The average Bonchev–Trinajstić information content (AvgIpc) is 2.72. The smallest absolute Gasteiger partial charge is 0.352 e. The third kappa shape index (κ3) is 2.30. The molecule has 2 aromatic rings. The molecule has 18 heavy (non-hydrogen) atoms. The molecule has 0 amide bonds. The summed E-state index contributed by atoms with van der Waals surface area (Å²) in [6.45, 7) is 0. The molecule has 1 aromatic heterocycles.